The molecule has 1 aromatic rings. The molecular weight excluding hydrogens is 184 g/mol. The van der Waals surface area contributed by atoms with Gasteiger partial charge in [-0.05, 0) is 30.4 Å². The Balaban J connectivity index is 2.53. The van der Waals surface area contributed by atoms with Crippen LogP contribution in [0.2, 0.25) is 0 Å². The van der Waals surface area contributed by atoms with Crippen molar-refractivity contribution in [3.8, 4) is 5.75 Å². The first-order valence-electron chi connectivity index (χ1n) is 5.56. The molecule has 1 aliphatic carbocycles. The minimum atomic E-state index is 0.449. The van der Waals surface area contributed by atoms with Crippen LogP contribution >= 0.6 is 0 Å². The predicted molar refractivity (Wildman–Crippen MR) is 63.4 cm³/mol. The molecule has 0 heterocycles. The monoisotopic (exact) mass is 202 g/mol. The maximum Gasteiger partial charge on any atom is 0.122 e. The van der Waals surface area contributed by atoms with E-state index in [0.29, 0.717) is 11.8 Å². The van der Waals surface area contributed by atoms with Gasteiger partial charge < -0.3 is 4.74 Å². The maximum absolute atomic E-state index is 5.45. The lowest BCUT2D eigenvalue weighted by atomic mass is 9.75. The highest BCUT2D eigenvalue weighted by Crippen LogP contribution is 2.41. The van der Waals surface area contributed by atoms with E-state index in [4.69, 9.17) is 4.74 Å². The Labute approximate surface area is 91.8 Å². The number of rotatable bonds is 2. The molecule has 80 valence electrons. The summed E-state index contributed by atoms with van der Waals surface area (Å²) in [4.78, 5) is 0. The summed E-state index contributed by atoms with van der Waals surface area (Å²) in [6, 6.07) is 6.33. The van der Waals surface area contributed by atoms with Gasteiger partial charge >= 0.3 is 0 Å². The minimum Gasteiger partial charge on any atom is -0.496 e. The van der Waals surface area contributed by atoms with Crippen LogP contribution in [-0.2, 0) is 6.42 Å². The molecule has 0 bridgehead atoms. The molecule has 0 aromatic heterocycles. The van der Waals surface area contributed by atoms with Gasteiger partial charge in [0, 0.05) is 11.5 Å². The number of allylic oxidation sites excluding steroid dienone is 1. The Kier molecular flexibility index (Phi) is 2.81. The molecule has 2 atom stereocenters. The average molecular weight is 202 g/mol. The number of ether oxygens (including phenoxy) is 1. The molecule has 2 rings (SSSR count). The molecule has 1 heteroatoms. The lowest BCUT2D eigenvalue weighted by Crippen LogP contribution is -2.17. The highest BCUT2D eigenvalue weighted by atomic mass is 16.5. The van der Waals surface area contributed by atoms with E-state index >= 15 is 0 Å². The third-order valence-corrected chi connectivity index (χ3v) is 3.45. The normalized spacial score (nSPS) is 24.4. The summed E-state index contributed by atoms with van der Waals surface area (Å²) in [5.74, 6) is 2.14. The summed E-state index contributed by atoms with van der Waals surface area (Å²) in [5, 5.41) is 0. The molecule has 0 aliphatic heterocycles. The van der Waals surface area contributed by atoms with E-state index in [2.05, 4.69) is 31.7 Å². The molecule has 15 heavy (non-hydrogen) atoms. The molecule has 0 unspecified atom stereocenters. The third kappa shape index (κ3) is 1.67. The van der Waals surface area contributed by atoms with E-state index in [9.17, 15) is 0 Å². The summed E-state index contributed by atoms with van der Waals surface area (Å²) >= 11 is 0. The summed E-state index contributed by atoms with van der Waals surface area (Å²) in [7, 11) is 1.75. The number of aryl methyl sites for hydroxylation is 1. The summed E-state index contributed by atoms with van der Waals surface area (Å²) in [5.41, 5.74) is 2.78. The van der Waals surface area contributed by atoms with Crippen LogP contribution in [0.15, 0.2) is 30.9 Å². The van der Waals surface area contributed by atoms with E-state index < -0.39 is 0 Å². The van der Waals surface area contributed by atoms with Gasteiger partial charge in [-0.3, -0.25) is 0 Å². The van der Waals surface area contributed by atoms with Crippen molar-refractivity contribution in [3.63, 3.8) is 0 Å². The number of fused-ring (bicyclic) bond motifs is 1. The molecule has 0 saturated heterocycles. The molecule has 0 amide bonds. The molecule has 1 aliphatic rings. The fourth-order valence-corrected chi connectivity index (χ4v) is 2.56. The van der Waals surface area contributed by atoms with Crippen LogP contribution < -0.4 is 4.74 Å². The number of benzene rings is 1. The van der Waals surface area contributed by atoms with Crippen LogP contribution in [0.4, 0.5) is 0 Å². The molecule has 0 spiro atoms. The quantitative estimate of drug-likeness (QED) is 0.666. The zero-order valence-corrected chi connectivity index (χ0v) is 9.49. The summed E-state index contributed by atoms with van der Waals surface area (Å²) in [6.45, 7) is 6.25. The van der Waals surface area contributed by atoms with Gasteiger partial charge in [-0.1, -0.05) is 25.1 Å². The van der Waals surface area contributed by atoms with Gasteiger partial charge in [0.15, 0.2) is 0 Å². The third-order valence-electron chi connectivity index (χ3n) is 3.45. The average Bonchev–Trinajstić information content (AvgIpc) is 2.28. The fourth-order valence-electron chi connectivity index (χ4n) is 2.56. The SMILES string of the molecule is C=C[C@@H]1c2c(cccc2OC)CC[C@@H]1C. The minimum absolute atomic E-state index is 0.449. The smallest absolute Gasteiger partial charge is 0.122 e. The Bertz CT molecular complexity index is 353. The first-order chi connectivity index (χ1) is 7.27. The molecular formula is C14H18O. The van der Waals surface area contributed by atoms with Gasteiger partial charge in [-0.2, -0.15) is 0 Å². The van der Waals surface area contributed by atoms with Gasteiger partial charge in [0.2, 0.25) is 0 Å². The van der Waals surface area contributed by atoms with E-state index in [0.717, 1.165) is 12.2 Å². The van der Waals surface area contributed by atoms with Gasteiger partial charge in [-0.15, -0.1) is 6.58 Å². The second kappa shape index (κ2) is 4.09. The summed E-state index contributed by atoms with van der Waals surface area (Å²) in [6.07, 6.45) is 4.47. The Hall–Kier alpha value is -1.24. The van der Waals surface area contributed by atoms with Crippen molar-refractivity contribution in [2.45, 2.75) is 25.7 Å². The second-order valence-corrected chi connectivity index (χ2v) is 4.31. The van der Waals surface area contributed by atoms with E-state index in [-0.39, 0.29) is 0 Å². The zero-order chi connectivity index (χ0) is 10.8. The highest BCUT2D eigenvalue weighted by molar-refractivity contribution is 5.46. The van der Waals surface area contributed by atoms with E-state index in [1.54, 1.807) is 7.11 Å². The fraction of sp³-hybridized carbons (Fsp3) is 0.429. The van der Waals surface area contributed by atoms with Crippen molar-refractivity contribution < 1.29 is 4.74 Å². The van der Waals surface area contributed by atoms with Crippen LogP contribution in [-0.4, -0.2) is 7.11 Å². The van der Waals surface area contributed by atoms with Crippen molar-refractivity contribution >= 4 is 0 Å². The van der Waals surface area contributed by atoms with Gasteiger partial charge in [0.25, 0.3) is 0 Å². The number of hydrogen-bond acceptors (Lipinski definition) is 1. The molecule has 0 radical (unpaired) electrons. The topological polar surface area (TPSA) is 9.23 Å². The lowest BCUT2D eigenvalue weighted by Gasteiger charge is -2.30. The number of hydrogen-bond donors (Lipinski definition) is 0. The molecule has 0 saturated carbocycles. The van der Waals surface area contributed by atoms with Crippen molar-refractivity contribution in [2.24, 2.45) is 5.92 Å². The van der Waals surface area contributed by atoms with E-state index in [1.807, 2.05) is 6.07 Å². The van der Waals surface area contributed by atoms with Gasteiger partial charge in [0.1, 0.15) is 5.75 Å². The van der Waals surface area contributed by atoms with Crippen molar-refractivity contribution in [3.05, 3.63) is 42.0 Å². The number of methoxy groups -OCH3 is 1. The second-order valence-electron chi connectivity index (χ2n) is 4.31. The van der Waals surface area contributed by atoms with E-state index in [1.165, 1.54) is 17.5 Å². The van der Waals surface area contributed by atoms with Crippen LogP contribution in [0.25, 0.3) is 0 Å². The molecule has 0 fully saturated rings. The van der Waals surface area contributed by atoms with Crippen LogP contribution in [0.5, 0.6) is 5.75 Å². The van der Waals surface area contributed by atoms with Crippen LogP contribution in [0, 0.1) is 5.92 Å². The largest absolute Gasteiger partial charge is 0.496 e. The maximum atomic E-state index is 5.45. The standard InChI is InChI=1S/C14H18O/c1-4-12-10(2)8-9-11-6-5-7-13(15-3)14(11)12/h4-7,10,12H,1,8-9H2,2-3H3/t10-,12-/m0/s1. The van der Waals surface area contributed by atoms with Crippen molar-refractivity contribution in [2.75, 3.05) is 7.11 Å². The first-order valence-corrected chi connectivity index (χ1v) is 5.56. The van der Waals surface area contributed by atoms with Crippen LogP contribution in [0.3, 0.4) is 0 Å². The Morgan fingerprint density at radius 3 is 2.93 bits per heavy atom. The summed E-state index contributed by atoms with van der Waals surface area (Å²) < 4.78 is 5.45. The zero-order valence-electron chi connectivity index (χ0n) is 9.49. The molecule has 0 N–H and O–H groups in total. The lowest BCUT2D eigenvalue weighted by molar-refractivity contribution is 0.386. The Morgan fingerprint density at radius 2 is 2.27 bits per heavy atom. The molecule has 1 nitrogen and oxygen atoms in total. The van der Waals surface area contributed by atoms with Crippen molar-refractivity contribution in [1.82, 2.24) is 0 Å². The van der Waals surface area contributed by atoms with Crippen molar-refractivity contribution in [1.29, 1.82) is 0 Å². The first kappa shape index (κ1) is 10.3. The van der Waals surface area contributed by atoms with Crippen LogP contribution in [0.1, 0.15) is 30.4 Å². The van der Waals surface area contributed by atoms with Gasteiger partial charge in [-0.25, -0.2) is 0 Å². The molecule has 1 aromatic carbocycles. The van der Waals surface area contributed by atoms with Gasteiger partial charge in [0.05, 0.1) is 7.11 Å². The Morgan fingerprint density at radius 1 is 1.47 bits per heavy atom. The highest BCUT2D eigenvalue weighted by Gasteiger charge is 2.26. The predicted octanol–water partition coefficient (Wildman–Crippen LogP) is 3.55.